The zero-order valence-corrected chi connectivity index (χ0v) is 14.7. The SMILES string of the molecule is CC(=O)N(CCC(=O)OCc1ccccc1C(N)=O)Cc1ccccc1. The van der Waals surface area contributed by atoms with E-state index in [1.165, 1.54) is 6.92 Å². The van der Waals surface area contributed by atoms with E-state index in [-0.39, 0.29) is 25.5 Å². The number of carbonyl (C=O) groups excluding carboxylic acids is 3. The Bertz CT molecular complexity index is 774. The van der Waals surface area contributed by atoms with Crippen LogP contribution in [0.1, 0.15) is 34.8 Å². The minimum absolute atomic E-state index is 0.0310. The minimum atomic E-state index is -0.567. The maximum Gasteiger partial charge on any atom is 0.307 e. The Morgan fingerprint density at radius 1 is 1.00 bits per heavy atom. The fourth-order valence-electron chi connectivity index (χ4n) is 2.49. The molecule has 6 nitrogen and oxygen atoms in total. The Morgan fingerprint density at radius 3 is 2.31 bits per heavy atom. The summed E-state index contributed by atoms with van der Waals surface area (Å²) in [7, 11) is 0. The van der Waals surface area contributed by atoms with Crippen molar-refractivity contribution in [2.75, 3.05) is 6.54 Å². The van der Waals surface area contributed by atoms with Gasteiger partial charge in [0.1, 0.15) is 6.61 Å². The number of hydrogen-bond donors (Lipinski definition) is 1. The Morgan fingerprint density at radius 2 is 1.65 bits per heavy atom. The molecule has 2 aromatic carbocycles. The van der Waals surface area contributed by atoms with Crippen LogP contribution >= 0.6 is 0 Å². The second-order valence-corrected chi connectivity index (χ2v) is 5.86. The van der Waals surface area contributed by atoms with E-state index in [0.717, 1.165) is 5.56 Å². The van der Waals surface area contributed by atoms with Crippen molar-refractivity contribution in [3.63, 3.8) is 0 Å². The molecule has 0 fully saturated rings. The highest BCUT2D eigenvalue weighted by atomic mass is 16.5. The number of nitrogens with two attached hydrogens (primary N) is 1. The average Bonchev–Trinajstić information content (AvgIpc) is 2.64. The lowest BCUT2D eigenvalue weighted by Crippen LogP contribution is -2.30. The molecule has 0 saturated heterocycles. The summed E-state index contributed by atoms with van der Waals surface area (Å²) in [5.41, 5.74) is 7.18. The zero-order valence-electron chi connectivity index (χ0n) is 14.7. The molecule has 0 radical (unpaired) electrons. The predicted molar refractivity (Wildman–Crippen MR) is 96.9 cm³/mol. The quantitative estimate of drug-likeness (QED) is 0.736. The normalized spacial score (nSPS) is 10.2. The first-order valence-electron chi connectivity index (χ1n) is 8.30. The maximum atomic E-state index is 12.0. The van der Waals surface area contributed by atoms with Crippen molar-refractivity contribution in [1.29, 1.82) is 0 Å². The van der Waals surface area contributed by atoms with Crippen molar-refractivity contribution >= 4 is 17.8 Å². The van der Waals surface area contributed by atoms with Crippen LogP contribution in [0.4, 0.5) is 0 Å². The second kappa shape index (κ2) is 9.36. The molecule has 0 aromatic heterocycles. The molecule has 0 aliphatic heterocycles. The van der Waals surface area contributed by atoms with Gasteiger partial charge in [0.05, 0.1) is 6.42 Å². The number of nitrogens with zero attached hydrogens (tertiary/aromatic N) is 1. The van der Waals surface area contributed by atoms with Crippen LogP contribution in [0.15, 0.2) is 54.6 Å². The van der Waals surface area contributed by atoms with E-state index in [4.69, 9.17) is 10.5 Å². The number of benzene rings is 2. The van der Waals surface area contributed by atoms with Gasteiger partial charge in [0, 0.05) is 31.1 Å². The van der Waals surface area contributed by atoms with Crippen LogP contribution < -0.4 is 5.73 Å². The van der Waals surface area contributed by atoms with Crippen LogP contribution in [-0.4, -0.2) is 29.2 Å². The number of carbonyl (C=O) groups is 3. The molecule has 0 heterocycles. The summed E-state index contributed by atoms with van der Waals surface area (Å²) < 4.78 is 5.21. The number of primary amides is 1. The highest BCUT2D eigenvalue weighted by molar-refractivity contribution is 5.94. The number of amides is 2. The van der Waals surface area contributed by atoms with Crippen molar-refractivity contribution in [3.05, 3.63) is 71.3 Å². The summed E-state index contributed by atoms with van der Waals surface area (Å²) >= 11 is 0. The first kappa shape index (κ1) is 19.2. The lowest BCUT2D eigenvalue weighted by Gasteiger charge is -2.20. The van der Waals surface area contributed by atoms with Crippen molar-refractivity contribution in [1.82, 2.24) is 4.90 Å². The highest BCUT2D eigenvalue weighted by Crippen LogP contribution is 2.11. The molecule has 2 amide bonds. The van der Waals surface area contributed by atoms with Crippen LogP contribution in [0.5, 0.6) is 0 Å². The van der Waals surface area contributed by atoms with Crippen LogP contribution in [0.2, 0.25) is 0 Å². The average molecular weight is 354 g/mol. The molecule has 0 aliphatic rings. The Balaban J connectivity index is 1.87. The van der Waals surface area contributed by atoms with Gasteiger partial charge in [-0.25, -0.2) is 0 Å². The standard InChI is InChI=1S/C20H22N2O4/c1-15(23)22(13-16-7-3-2-4-8-16)12-11-19(24)26-14-17-9-5-6-10-18(17)20(21)25/h2-10H,11-14H2,1H3,(H2,21,25). The third-order valence-corrected chi connectivity index (χ3v) is 3.92. The smallest absolute Gasteiger partial charge is 0.307 e. The molecule has 136 valence electrons. The summed E-state index contributed by atoms with van der Waals surface area (Å²) in [5.74, 6) is -1.12. The van der Waals surface area contributed by atoms with Crippen molar-refractivity contribution < 1.29 is 19.1 Å². The molecule has 26 heavy (non-hydrogen) atoms. The van der Waals surface area contributed by atoms with Crippen molar-refractivity contribution in [2.24, 2.45) is 5.73 Å². The first-order valence-corrected chi connectivity index (χ1v) is 8.30. The van der Waals surface area contributed by atoms with Gasteiger partial charge in [-0.3, -0.25) is 14.4 Å². The summed E-state index contributed by atoms with van der Waals surface area (Å²) in [5, 5.41) is 0. The molecule has 0 bridgehead atoms. The number of ether oxygens (including phenoxy) is 1. The Hall–Kier alpha value is -3.15. The fourth-order valence-corrected chi connectivity index (χ4v) is 2.49. The van der Waals surface area contributed by atoms with E-state index in [9.17, 15) is 14.4 Å². The molecule has 0 aliphatic carbocycles. The van der Waals surface area contributed by atoms with Crippen LogP contribution in [-0.2, 0) is 27.5 Å². The molecule has 0 unspecified atom stereocenters. The van der Waals surface area contributed by atoms with E-state index in [1.807, 2.05) is 30.3 Å². The molecular formula is C20H22N2O4. The van der Waals surface area contributed by atoms with E-state index in [0.29, 0.717) is 17.7 Å². The largest absolute Gasteiger partial charge is 0.461 e. The van der Waals surface area contributed by atoms with Crippen LogP contribution in [0.25, 0.3) is 0 Å². The fraction of sp³-hybridized carbons (Fsp3) is 0.250. The van der Waals surface area contributed by atoms with Gasteiger partial charge >= 0.3 is 5.97 Å². The molecule has 2 rings (SSSR count). The van der Waals surface area contributed by atoms with Gasteiger partial charge in [0.25, 0.3) is 0 Å². The van der Waals surface area contributed by atoms with E-state index in [1.54, 1.807) is 29.2 Å². The Kier molecular flexibility index (Phi) is 6.91. The highest BCUT2D eigenvalue weighted by Gasteiger charge is 2.14. The number of hydrogen-bond acceptors (Lipinski definition) is 4. The first-order chi connectivity index (χ1) is 12.5. The van der Waals surface area contributed by atoms with Gasteiger partial charge in [-0.1, -0.05) is 48.5 Å². The van der Waals surface area contributed by atoms with Gasteiger partial charge in [-0.15, -0.1) is 0 Å². The molecule has 0 spiro atoms. The van der Waals surface area contributed by atoms with Gasteiger partial charge in [0.15, 0.2) is 0 Å². The summed E-state index contributed by atoms with van der Waals surface area (Å²) in [6.45, 7) is 2.14. The van der Waals surface area contributed by atoms with Crippen LogP contribution in [0, 0.1) is 0 Å². The third kappa shape index (κ3) is 5.73. The third-order valence-electron chi connectivity index (χ3n) is 3.92. The summed E-state index contributed by atoms with van der Waals surface area (Å²) in [4.78, 5) is 36.7. The Labute approximate surface area is 152 Å². The summed E-state index contributed by atoms with van der Waals surface area (Å²) in [6.07, 6.45) is 0.0746. The van der Waals surface area contributed by atoms with Crippen LogP contribution in [0.3, 0.4) is 0 Å². The topological polar surface area (TPSA) is 89.7 Å². The lowest BCUT2D eigenvalue weighted by atomic mass is 10.1. The van der Waals surface area contributed by atoms with Crippen molar-refractivity contribution in [2.45, 2.75) is 26.5 Å². The molecule has 6 heteroatoms. The van der Waals surface area contributed by atoms with Gasteiger partial charge < -0.3 is 15.4 Å². The van der Waals surface area contributed by atoms with Gasteiger partial charge in [0.2, 0.25) is 11.8 Å². The minimum Gasteiger partial charge on any atom is -0.461 e. The summed E-state index contributed by atoms with van der Waals surface area (Å²) in [6, 6.07) is 16.3. The van der Waals surface area contributed by atoms with Crippen molar-refractivity contribution in [3.8, 4) is 0 Å². The monoisotopic (exact) mass is 354 g/mol. The predicted octanol–water partition coefficient (Wildman–Crippen LogP) is 2.27. The van der Waals surface area contributed by atoms with E-state index >= 15 is 0 Å². The van der Waals surface area contributed by atoms with E-state index in [2.05, 4.69) is 0 Å². The van der Waals surface area contributed by atoms with Gasteiger partial charge in [-0.2, -0.15) is 0 Å². The molecule has 2 aromatic rings. The van der Waals surface area contributed by atoms with Gasteiger partial charge in [-0.05, 0) is 11.6 Å². The molecule has 2 N–H and O–H groups in total. The molecule has 0 saturated carbocycles. The lowest BCUT2D eigenvalue weighted by molar-refractivity contribution is -0.145. The number of rotatable bonds is 8. The maximum absolute atomic E-state index is 12.0. The second-order valence-electron chi connectivity index (χ2n) is 5.86. The molecular weight excluding hydrogens is 332 g/mol. The zero-order chi connectivity index (χ0) is 18.9. The molecule has 0 atom stereocenters. The number of esters is 1. The van der Waals surface area contributed by atoms with E-state index < -0.39 is 11.9 Å².